The Morgan fingerprint density at radius 3 is 1.83 bits per heavy atom. The van der Waals surface area contributed by atoms with Crippen LogP contribution in [0, 0.1) is 6.92 Å². The van der Waals surface area contributed by atoms with Gasteiger partial charge in [0.05, 0.1) is 7.11 Å². The van der Waals surface area contributed by atoms with E-state index in [2.05, 4.69) is 36.9 Å². The molecule has 0 atom stereocenters. The Balaban J connectivity index is 2.11. The molecule has 0 radical (unpaired) electrons. The minimum absolute atomic E-state index is 0.870. The van der Waals surface area contributed by atoms with Gasteiger partial charge in [-0.3, -0.25) is 0 Å². The van der Waals surface area contributed by atoms with Crippen LogP contribution in [-0.4, -0.2) is 7.11 Å². The maximum atomic E-state index is 5.11. The highest BCUT2D eigenvalue weighted by atomic mass is 16.5. The number of rotatable bonds is 3. The summed E-state index contributed by atoms with van der Waals surface area (Å²) < 4.78 is 5.11. The first-order valence-corrected chi connectivity index (χ1v) is 5.91. The topological polar surface area (TPSA) is 9.23 Å². The Bertz CT molecular complexity index is 556. The van der Waals surface area contributed by atoms with Crippen molar-refractivity contribution < 1.29 is 4.74 Å². The van der Waals surface area contributed by atoms with Crippen LogP contribution in [0.2, 0.25) is 0 Å². The fourth-order valence-corrected chi connectivity index (χ4v) is 1.60. The van der Waals surface area contributed by atoms with Gasteiger partial charge in [0.15, 0.2) is 0 Å². The summed E-state index contributed by atoms with van der Waals surface area (Å²) in [5, 5.41) is 0. The van der Waals surface area contributed by atoms with Crippen molar-refractivity contribution in [3.05, 3.63) is 71.0 Å². The normalized spacial score (nSPS) is 9.44. The molecule has 0 fully saturated rings. The molecule has 1 heteroatoms. The average Bonchev–Trinajstić information content (AvgIpc) is 2.42. The summed E-state index contributed by atoms with van der Waals surface area (Å²) >= 11 is 0. The van der Waals surface area contributed by atoms with E-state index in [9.17, 15) is 0 Å². The van der Waals surface area contributed by atoms with E-state index in [1.165, 1.54) is 5.56 Å². The maximum absolute atomic E-state index is 5.11. The molecule has 2 aromatic rings. The molecular formula is C17H16O. The standard InChI is InChI=1S/C17H16O/c1-14-6-8-15(9-7-14)4-3-5-16-10-12-17(18-2)13-11-16/h4-13H,1-2H3. The molecule has 18 heavy (non-hydrogen) atoms. The molecule has 0 aliphatic rings. The highest BCUT2D eigenvalue weighted by molar-refractivity contribution is 5.58. The molecule has 90 valence electrons. The van der Waals surface area contributed by atoms with Gasteiger partial charge in [-0.25, -0.2) is 0 Å². The fraction of sp³-hybridized carbons (Fsp3) is 0.118. The number of hydrogen-bond donors (Lipinski definition) is 0. The zero-order valence-electron chi connectivity index (χ0n) is 10.7. The largest absolute Gasteiger partial charge is 0.497 e. The van der Waals surface area contributed by atoms with E-state index in [1.54, 1.807) is 7.11 Å². The lowest BCUT2D eigenvalue weighted by molar-refractivity contribution is 0.415. The lowest BCUT2D eigenvalue weighted by atomic mass is 10.1. The third-order valence-electron chi connectivity index (χ3n) is 2.69. The van der Waals surface area contributed by atoms with E-state index in [0.29, 0.717) is 0 Å². The monoisotopic (exact) mass is 236 g/mol. The second-order valence-corrected chi connectivity index (χ2v) is 4.14. The Morgan fingerprint density at radius 1 is 0.833 bits per heavy atom. The number of benzene rings is 2. The molecule has 1 nitrogen and oxygen atoms in total. The number of methoxy groups -OCH3 is 1. The van der Waals surface area contributed by atoms with Crippen molar-refractivity contribution in [2.45, 2.75) is 6.92 Å². The second-order valence-electron chi connectivity index (χ2n) is 4.14. The van der Waals surface area contributed by atoms with E-state index >= 15 is 0 Å². The molecule has 0 aliphatic carbocycles. The Morgan fingerprint density at radius 2 is 1.33 bits per heavy atom. The molecule has 0 aliphatic heterocycles. The summed E-state index contributed by atoms with van der Waals surface area (Å²) in [6.45, 7) is 2.08. The van der Waals surface area contributed by atoms with Gasteiger partial charge < -0.3 is 4.74 Å². The van der Waals surface area contributed by atoms with Crippen LogP contribution in [0.25, 0.3) is 12.2 Å². The van der Waals surface area contributed by atoms with Crippen molar-refractivity contribution in [2.24, 2.45) is 0 Å². The second kappa shape index (κ2) is 5.90. The zero-order chi connectivity index (χ0) is 12.8. The molecule has 0 aromatic heterocycles. The molecule has 0 N–H and O–H groups in total. The van der Waals surface area contributed by atoms with Gasteiger partial charge in [-0.05, 0) is 42.3 Å². The van der Waals surface area contributed by atoms with E-state index in [4.69, 9.17) is 4.74 Å². The van der Waals surface area contributed by atoms with E-state index in [0.717, 1.165) is 16.9 Å². The summed E-state index contributed by atoms with van der Waals surface area (Å²) in [5.74, 6) is 0.870. The van der Waals surface area contributed by atoms with Crippen LogP contribution in [0.4, 0.5) is 0 Å². The Kier molecular flexibility index (Phi) is 4.01. The van der Waals surface area contributed by atoms with Crippen LogP contribution in [0.3, 0.4) is 0 Å². The van der Waals surface area contributed by atoms with E-state index < -0.39 is 0 Å². The van der Waals surface area contributed by atoms with Crippen LogP contribution in [0.1, 0.15) is 16.7 Å². The first-order chi connectivity index (χ1) is 8.78. The van der Waals surface area contributed by atoms with Crippen LogP contribution in [-0.2, 0) is 0 Å². The highest BCUT2D eigenvalue weighted by Gasteiger charge is 1.89. The van der Waals surface area contributed by atoms with Gasteiger partial charge in [-0.2, -0.15) is 0 Å². The van der Waals surface area contributed by atoms with Gasteiger partial charge in [0.2, 0.25) is 0 Å². The molecule has 2 rings (SSSR count). The fourth-order valence-electron chi connectivity index (χ4n) is 1.60. The number of aryl methyl sites for hydroxylation is 1. The van der Waals surface area contributed by atoms with Crippen molar-refractivity contribution in [1.82, 2.24) is 0 Å². The summed E-state index contributed by atoms with van der Waals surface area (Å²) in [6, 6.07) is 16.3. The smallest absolute Gasteiger partial charge is 0.118 e. The molecule has 0 heterocycles. The van der Waals surface area contributed by atoms with E-state index in [-0.39, 0.29) is 0 Å². The lowest BCUT2D eigenvalue weighted by Crippen LogP contribution is -1.80. The first kappa shape index (κ1) is 12.2. The minimum Gasteiger partial charge on any atom is -0.497 e. The average molecular weight is 236 g/mol. The van der Waals surface area contributed by atoms with E-state index in [1.807, 2.05) is 36.4 Å². The number of hydrogen-bond acceptors (Lipinski definition) is 1. The summed E-state index contributed by atoms with van der Waals surface area (Å²) in [6.07, 6.45) is 3.93. The highest BCUT2D eigenvalue weighted by Crippen LogP contribution is 2.12. The minimum atomic E-state index is 0.870. The maximum Gasteiger partial charge on any atom is 0.118 e. The van der Waals surface area contributed by atoms with Crippen LogP contribution < -0.4 is 4.74 Å². The predicted molar refractivity (Wildman–Crippen MR) is 76.6 cm³/mol. The third kappa shape index (κ3) is 3.38. The van der Waals surface area contributed by atoms with Crippen molar-refractivity contribution in [2.75, 3.05) is 7.11 Å². The van der Waals surface area contributed by atoms with Crippen LogP contribution in [0.15, 0.2) is 54.3 Å². The summed E-state index contributed by atoms with van der Waals surface area (Å²) in [4.78, 5) is 0. The van der Waals surface area contributed by atoms with Crippen molar-refractivity contribution in [3.63, 3.8) is 0 Å². The van der Waals surface area contributed by atoms with Crippen molar-refractivity contribution in [1.29, 1.82) is 0 Å². The molecule has 0 spiro atoms. The van der Waals surface area contributed by atoms with Gasteiger partial charge in [0.1, 0.15) is 5.75 Å². The lowest BCUT2D eigenvalue weighted by Gasteiger charge is -1.97. The van der Waals surface area contributed by atoms with Gasteiger partial charge in [0.25, 0.3) is 0 Å². The number of ether oxygens (including phenoxy) is 1. The molecule has 0 saturated carbocycles. The van der Waals surface area contributed by atoms with Crippen LogP contribution in [0.5, 0.6) is 5.75 Å². The summed E-state index contributed by atoms with van der Waals surface area (Å²) in [5.41, 5.74) is 6.72. The predicted octanol–water partition coefficient (Wildman–Crippen LogP) is 4.33. The molecular weight excluding hydrogens is 220 g/mol. The molecule has 0 amide bonds. The molecule has 2 aromatic carbocycles. The SMILES string of the molecule is COc1ccc(C=C=Cc2ccc(C)cc2)cc1. The molecule has 0 bridgehead atoms. The van der Waals surface area contributed by atoms with Gasteiger partial charge in [-0.15, -0.1) is 5.73 Å². The quantitative estimate of drug-likeness (QED) is 0.721. The first-order valence-electron chi connectivity index (χ1n) is 5.91. The Labute approximate surface area is 108 Å². The molecule has 0 unspecified atom stereocenters. The van der Waals surface area contributed by atoms with Gasteiger partial charge >= 0.3 is 0 Å². The van der Waals surface area contributed by atoms with Crippen molar-refractivity contribution >= 4 is 12.2 Å². The summed E-state index contributed by atoms with van der Waals surface area (Å²) in [7, 11) is 1.67. The third-order valence-corrected chi connectivity index (χ3v) is 2.69. The Hall–Kier alpha value is -2.24. The van der Waals surface area contributed by atoms with Gasteiger partial charge in [0, 0.05) is 0 Å². The zero-order valence-corrected chi connectivity index (χ0v) is 10.7. The van der Waals surface area contributed by atoms with Crippen LogP contribution >= 0.6 is 0 Å². The van der Waals surface area contributed by atoms with Gasteiger partial charge in [-0.1, -0.05) is 42.0 Å². The molecule has 0 saturated heterocycles. The van der Waals surface area contributed by atoms with Crippen molar-refractivity contribution in [3.8, 4) is 5.75 Å².